The average molecular weight is 712 g/mol. The largest absolute Gasteiger partial charge is 4.00 e. The zero-order valence-corrected chi connectivity index (χ0v) is 34.4. The van der Waals surface area contributed by atoms with E-state index in [2.05, 4.69) is 118 Å². The van der Waals surface area contributed by atoms with Crippen LogP contribution in [0.25, 0.3) is 21.5 Å². The normalized spacial score (nSPS) is 9.76. The van der Waals surface area contributed by atoms with Crippen LogP contribution in [0.15, 0.2) is 48.5 Å². The van der Waals surface area contributed by atoms with Crippen molar-refractivity contribution in [1.82, 2.24) is 0 Å². The Balaban J connectivity index is -0.000000170. The molecule has 0 saturated carbocycles. The first kappa shape index (κ1) is 50.1. The molecule has 0 amide bonds. The van der Waals surface area contributed by atoms with Gasteiger partial charge in [0.1, 0.15) is 0 Å². The van der Waals surface area contributed by atoms with Crippen LogP contribution >= 0.6 is 0 Å². The Labute approximate surface area is 296 Å². The van der Waals surface area contributed by atoms with Gasteiger partial charge in [0.05, 0.1) is 0 Å². The van der Waals surface area contributed by atoms with Gasteiger partial charge in [0.2, 0.25) is 0 Å². The Kier molecular flexibility index (Phi) is 28.0. The summed E-state index contributed by atoms with van der Waals surface area (Å²) in [6.07, 6.45) is 2.00. The van der Waals surface area contributed by atoms with E-state index in [9.17, 15) is 0 Å². The Hall–Kier alpha value is -0.574. The van der Waals surface area contributed by atoms with Gasteiger partial charge in [0, 0.05) is 0 Å². The molecule has 0 saturated heterocycles. The second-order valence-electron chi connectivity index (χ2n) is 11.5. The number of aryl methyl sites for hydroxylation is 2. The van der Waals surface area contributed by atoms with Crippen molar-refractivity contribution < 1.29 is 52.4 Å². The van der Waals surface area contributed by atoms with Crippen LogP contribution in [-0.4, -0.2) is 0 Å². The maximum atomic E-state index is 2.39. The van der Waals surface area contributed by atoms with Crippen LogP contribution in [0.5, 0.6) is 0 Å². The first-order valence-electron chi connectivity index (χ1n) is 13.5. The SMILES string of the molecule is C[CH-]C.Cc1cc2c(C(C)C)cc(C(C)C)cc2[cH-]1.Cc1cc2c(C(C)C)cc(C(C)C)cc2[cH-]1.[CH3-].[CH3-].[CH3-].[CH3-].[Zr+3].[Zr+4]. The van der Waals surface area contributed by atoms with E-state index in [0.717, 1.165) is 0 Å². The molecule has 0 aliphatic carbocycles. The second-order valence-corrected chi connectivity index (χ2v) is 11.5. The molecule has 0 unspecified atom stereocenters. The van der Waals surface area contributed by atoms with Crippen LogP contribution < -0.4 is 0 Å². The summed E-state index contributed by atoms with van der Waals surface area (Å²) in [4.78, 5) is 0. The molecule has 41 heavy (non-hydrogen) atoms. The first-order valence-corrected chi connectivity index (χ1v) is 13.5. The quantitative estimate of drug-likeness (QED) is 0.185. The zero-order valence-electron chi connectivity index (χ0n) is 29.5. The summed E-state index contributed by atoms with van der Waals surface area (Å²) in [7, 11) is 0. The van der Waals surface area contributed by atoms with Gasteiger partial charge in [-0.2, -0.15) is 26.0 Å². The third-order valence-electron chi connectivity index (χ3n) is 6.62. The summed E-state index contributed by atoms with van der Waals surface area (Å²) in [6, 6.07) is 18.7. The molecule has 2 heteroatoms. The molecule has 4 aromatic rings. The fourth-order valence-corrected chi connectivity index (χ4v) is 4.67. The molecule has 0 fully saturated rings. The molecule has 0 aromatic heterocycles. The van der Waals surface area contributed by atoms with Crippen molar-refractivity contribution >= 4 is 21.5 Å². The number of fused-ring (bicyclic) bond motifs is 2. The number of hydrogen-bond acceptors (Lipinski definition) is 0. The van der Waals surface area contributed by atoms with Crippen molar-refractivity contribution in [3.8, 4) is 0 Å². The Morgan fingerprint density at radius 2 is 0.780 bits per heavy atom. The van der Waals surface area contributed by atoms with Crippen molar-refractivity contribution in [2.45, 2.75) is 107 Å². The number of hydrogen-bond donors (Lipinski definition) is 0. The summed E-state index contributed by atoms with van der Waals surface area (Å²) in [5.41, 5.74) is 8.66. The molecule has 0 aliphatic heterocycles. The van der Waals surface area contributed by atoms with Crippen molar-refractivity contribution in [2.75, 3.05) is 0 Å². The molecule has 1 radical (unpaired) electrons. The first-order chi connectivity index (χ1) is 16.4. The average Bonchev–Trinajstić information content (AvgIpc) is 3.33. The Bertz CT molecular complexity index is 1120. The molecule has 0 N–H and O–H groups in total. The van der Waals surface area contributed by atoms with Crippen LogP contribution in [0.1, 0.15) is 126 Å². The third kappa shape index (κ3) is 13.7. The minimum absolute atomic E-state index is 0. The molecule has 0 aliphatic rings. The van der Waals surface area contributed by atoms with Crippen LogP contribution in [0.2, 0.25) is 0 Å². The standard InChI is InChI=1S/2C16H21.C3H7.4CH3.2Zr/c2*1-10(2)13-8-14-6-12(5)7-16(14)15(9-13)11(3)4;1-3-2;;;;;;/h2*6-11H,1-5H3;3H,1-2H3;4*1H3;;/q7*-1;+3;+4. The summed E-state index contributed by atoms with van der Waals surface area (Å²) in [5.74, 6) is 2.42. The summed E-state index contributed by atoms with van der Waals surface area (Å²) >= 11 is 0. The van der Waals surface area contributed by atoms with Crippen LogP contribution in [0.3, 0.4) is 0 Å². The summed E-state index contributed by atoms with van der Waals surface area (Å²) < 4.78 is 0. The van der Waals surface area contributed by atoms with E-state index in [1.807, 2.05) is 20.3 Å². The molecule has 225 valence electrons. The van der Waals surface area contributed by atoms with Gasteiger partial charge in [-0.05, 0) is 23.7 Å². The number of benzene rings is 2. The van der Waals surface area contributed by atoms with Gasteiger partial charge < -0.3 is 36.1 Å². The van der Waals surface area contributed by atoms with Gasteiger partial charge in [0.25, 0.3) is 0 Å². The van der Waals surface area contributed by atoms with Crippen molar-refractivity contribution in [1.29, 1.82) is 0 Å². The van der Waals surface area contributed by atoms with Crippen LogP contribution in [0, 0.1) is 50.0 Å². The van der Waals surface area contributed by atoms with E-state index in [1.54, 1.807) is 0 Å². The molecular weight excluding hydrogens is 651 g/mol. The molecular formula is C39H61Zr2. The smallest absolute Gasteiger partial charge is 0.358 e. The Morgan fingerprint density at radius 3 is 1.00 bits per heavy atom. The molecule has 4 aromatic carbocycles. The van der Waals surface area contributed by atoms with E-state index in [0.29, 0.717) is 23.7 Å². The van der Waals surface area contributed by atoms with Crippen molar-refractivity contribution in [3.05, 3.63) is 118 Å². The monoisotopic (exact) mass is 709 g/mol. The van der Waals surface area contributed by atoms with E-state index < -0.39 is 0 Å². The molecule has 0 bridgehead atoms. The summed E-state index contributed by atoms with van der Waals surface area (Å²) in [5, 5.41) is 5.70. The van der Waals surface area contributed by atoms with Gasteiger partial charge in [-0.1, -0.05) is 104 Å². The van der Waals surface area contributed by atoms with Gasteiger partial charge in [-0.15, -0.1) is 56.9 Å². The second kappa shape index (κ2) is 22.9. The molecule has 0 nitrogen and oxygen atoms in total. The third-order valence-corrected chi connectivity index (χ3v) is 6.62. The maximum absolute atomic E-state index is 2.39. The van der Waals surface area contributed by atoms with Crippen molar-refractivity contribution in [2.24, 2.45) is 0 Å². The topological polar surface area (TPSA) is 0 Å². The van der Waals surface area contributed by atoms with Crippen molar-refractivity contribution in [3.63, 3.8) is 0 Å². The summed E-state index contributed by atoms with van der Waals surface area (Å²) in [6.45, 7) is 26.5. The molecule has 0 spiro atoms. The van der Waals surface area contributed by atoms with Gasteiger partial charge in [-0.25, -0.2) is 0 Å². The molecule has 0 heterocycles. The molecule has 4 rings (SSSR count). The van der Waals surface area contributed by atoms with E-state index in [-0.39, 0.29) is 82.1 Å². The van der Waals surface area contributed by atoms with Gasteiger partial charge in [-0.3, -0.25) is 0 Å². The maximum Gasteiger partial charge on any atom is 4.00 e. The predicted octanol–water partition coefficient (Wildman–Crippen LogP) is 13.3. The molecule has 0 atom stereocenters. The van der Waals surface area contributed by atoms with Gasteiger partial charge in [0.15, 0.2) is 0 Å². The van der Waals surface area contributed by atoms with E-state index >= 15 is 0 Å². The van der Waals surface area contributed by atoms with Crippen LogP contribution in [-0.2, 0) is 52.4 Å². The fraction of sp³-hybridized carbons (Fsp3) is 0.410. The van der Waals surface area contributed by atoms with Gasteiger partial charge >= 0.3 is 52.4 Å². The minimum atomic E-state index is 0. The van der Waals surface area contributed by atoms with E-state index in [4.69, 9.17) is 0 Å². The minimum Gasteiger partial charge on any atom is -0.358 e. The zero-order chi connectivity index (χ0) is 26.4. The number of rotatable bonds is 4. The van der Waals surface area contributed by atoms with Crippen LogP contribution in [0.4, 0.5) is 0 Å². The fourth-order valence-electron chi connectivity index (χ4n) is 4.67. The Morgan fingerprint density at radius 1 is 0.512 bits per heavy atom. The predicted molar refractivity (Wildman–Crippen MR) is 186 cm³/mol. The van der Waals surface area contributed by atoms with E-state index in [1.165, 1.54) is 54.9 Å².